The molecule has 13 heavy (non-hydrogen) atoms. The third-order valence-electron chi connectivity index (χ3n) is 2.09. The Morgan fingerprint density at radius 2 is 2.15 bits per heavy atom. The molecular weight excluding hydrogens is 160 g/mol. The Balaban J connectivity index is 2.47. The third-order valence-corrected chi connectivity index (χ3v) is 2.09. The van der Waals surface area contributed by atoms with Crippen molar-refractivity contribution in [2.45, 2.75) is 13.3 Å². The highest BCUT2D eigenvalue weighted by atomic mass is 15.0. The lowest BCUT2D eigenvalue weighted by Crippen LogP contribution is -1.98. The van der Waals surface area contributed by atoms with Crippen molar-refractivity contribution in [2.75, 3.05) is 0 Å². The van der Waals surface area contributed by atoms with Gasteiger partial charge in [0.1, 0.15) is 5.82 Å². The number of aromatic nitrogens is 2. The molecule has 2 aromatic heterocycles. The molecule has 0 aliphatic rings. The van der Waals surface area contributed by atoms with Crippen LogP contribution in [0.1, 0.15) is 12.6 Å². The van der Waals surface area contributed by atoms with Crippen molar-refractivity contribution < 1.29 is 0 Å². The van der Waals surface area contributed by atoms with E-state index in [0.29, 0.717) is 0 Å². The average Bonchev–Trinajstić information content (AvgIpc) is 2.67. The summed E-state index contributed by atoms with van der Waals surface area (Å²) in [6.07, 6.45) is 4.89. The number of hydrogen-bond acceptors (Lipinski definition) is 1. The van der Waals surface area contributed by atoms with E-state index in [1.54, 1.807) is 0 Å². The molecule has 0 spiro atoms. The topological polar surface area (TPSA) is 17.8 Å². The van der Waals surface area contributed by atoms with Crippen molar-refractivity contribution in [1.82, 2.24) is 9.55 Å². The Labute approximate surface area is 77.9 Å². The van der Waals surface area contributed by atoms with Crippen molar-refractivity contribution in [3.8, 4) is 5.82 Å². The monoisotopic (exact) mass is 172 g/mol. The van der Waals surface area contributed by atoms with Crippen LogP contribution in [0, 0.1) is 0 Å². The van der Waals surface area contributed by atoms with E-state index in [0.717, 1.165) is 12.2 Å². The highest BCUT2D eigenvalue weighted by molar-refractivity contribution is 5.27. The number of aryl methyl sites for hydroxylation is 1. The van der Waals surface area contributed by atoms with Gasteiger partial charge in [0.05, 0.1) is 0 Å². The summed E-state index contributed by atoms with van der Waals surface area (Å²) in [5.74, 6) is 0.990. The van der Waals surface area contributed by atoms with Crippen LogP contribution in [0.15, 0.2) is 42.7 Å². The maximum Gasteiger partial charge on any atom is 0.136 e. The molecule has 0 aliphatic carbocycles. The zero-order chi connectivity index (χ0) is 9.10. The minimum atomic E-state index is 0.990. The summed E-state index contributed by atoms with van der Waals surface area (Å²) in [5.41, 5.74) is 1.29. The van der Waals surface area contributed by atoms with Crippen LogP contribution >= 0.6 is 0 Å². The fourth-order valence-electron chi connectivity index (χ4n) is 1.42. The van der Waals surface area contributed by atoms with Gasteiger partial charge in [-0.25, -0.2) is 4.98 Å². The molecule has 0 aliphatic heterocycles. The normalized spacial score (nSPS) is 10.2. The van der Waals surface area contributed by atoms with E-state index in [2.05, 4.69) is 22.5 Å². The number of pyridine rings is 1. The SMILES string of the molecule is CCc1cccn1-c1ccccn1. The van der Waals surface area contributed by atoms with Gasteiger partial charge >= 0.3 is 0 Å². The summed E-state index contributed by atoms with van der Waals surface area (Å²) >= 11 is 0. The summed E-state index contributed by atoms with van der Waals surface area (Å²) < 4.78 is 2.11. The first-order valence-corrected chi connectivity index (χ1v) is 4.49. The average molecular weight is 172 g/mol. The number of hydrogen-bond donors (Lipinski definition) is 0. The summed E-state index contributed by atoms with van der Waals surface area (Å²) in [4.78, 5) is 4.29. The van der Waals surface area contributed by atoms with E-state index in [4.69, 9.17) is 0 Å². The van der Waals surface area contributed by atoms with Crippen molar-refractivity contribution in [1.29, 1.82) is 0 Å². The van der Waals surface area contributed by atoms with Crippen LogP contribution in [-0.2, 0) is 6.42 Å². The van der Waals surface area contributed by atoms with Crippen molar-refractivity contribution in [3.05, 3.63) is 48.4 Å². The van der Waals surface area contributed by atoms with Crippen LogP contribution in [0.3, 0.4) is 0 Å². The first kappa shape index (κ1) is 8.05. The van der Waals surface area contributed by atoms with Gasteiger partial charge in [-0.15, -0.1) is 0 Å². The van der Waals surface area contributed by atoms with Crippen LogP contribution in [0.4, 0.5) is 0 Å². The van der Waals surface area contributed by atoms with Crippen LogP contribution < -0.4 is 0 Å². The molecule has 2 nitrogen and oxygen atoms in total. The standard InChI is InChI=1S/C11H12N2/c1-2-10-6-5-9-13(10)11-7-3-4-8-12-11/h3-9H,2H2,1H3. The first-order chi connectivity index (χ1) is 6.42. The number of nitrogens with zero attached hydrogens (tertiary/aromatic N) is 2. The van der Waals surface area contributed by atoms with Crippen LogP contribution in [0.25, 0.3) is 5.82 Å². The lowest BCUT2D eigenvalue weighted by atomic mass is 10.3. The van der Waals surface area contributed by atoms with Gasteiger partial charge in [0.25, 0.3) is 0 Å². The maximum atomic E-state index is 4.29. The summed E-state index contributed by atoms with van der Waals surface area (Å²) in [5, 5.41) is 0. The van der Waals surface area contributed by atoms with Crippen LogP contribution in [0.2, 0.25) is 0 Å². The van der Waals surface area contributed by atoms with Gasteiger partial charge in [0.2, 0.25) is 0 Å². The van der Waals surface area contributed by atoms with E-state index < -0.39 is 0 Å². The Kier molecular flexibility index (Phi) is 2.13. The van der Waals surface area contributed by atoms with Crippen molar-refractivity contribution >= 4 is 0 Å². The van der Waals surface area contributed by atoms with Gasteiger partial charge in [-0.05, 0) is 30.7 Å². The zero-order valence-electron chi connectivity index (χ0n) is 7.64. The van der Waals surface area contributed by atoms with E-state index in [1.807, 2.05) is 36.7 Å². The summed E-state index contributed by atoms with van der Waals surface area (Å²) in [6.45, 7) is 2.15. The molecule has 0 saturated carbocycles. The number of rotatable bonds is 2. The molecule has 0 saturated heterocycles. The molecule has 66 valence electrons. The van der Waals surface area contributed by atoms with Gasteiger partial charge in [-0.3, -0.25) is 0 Å². The van der Waals surface area contributed by atoms with Crippen LogP contribution in [-0.4, -0.2) is 9.55 Å². The molecule has 2 aromatic rings. The van der Waals surface area contributed by atoms with Gasteiger partial charge < -0.3 is 4.57 Å². The largest absolute Gasteiger partial charge is 0.306 e. The fraction of sp³-hybridized carbons (Fsp3) is 0.182. The van der Waals surface area contributed by atoms with Crippen LogP contribution in [0.5, 0.6) is 0 Å². The van der Waals surface area contributed by atoms with Crippen molar-refractivity contribution in [3.63, 3.8) is 0 Å². The van der Waals surface area contributed by atoms with Gasteiger partial charge in [-0.1, -0.05) is 13.0 Å². The maximum absolute atomic E-state index is 4.29. The molecule has 0 atom stereocenters. The highest BCUT2D eigenvalue weighted by Gasteiger charge is 2.00. The molecule has 0 aromatic carbocycles. The first-order valence-electron chi connectivity index (χ1n) is 4.49. The van der Waals surface area contributed by atoms with E-state index >= 15 is 0 Å². The smallest absolute Gasteiger partial charge is 0.136 e. The van der Waals surface area contributed by atoms with Crippen molar-refractivity contribution in [2.24, 2.45) is 0 Å². The van der Waals surface area contributed by atoms with E-state index in [-0.39, 0.29) is 0 Å². The molecule has 2 heterocycles. The third kappa shape index (κ3) is 1.47. The Bertz CT molecular complexity index is 376. The molecule has 0 amide bonds. The molecule has 0 radical (unpaired) electrons. The highest BCUT2D eigenvalue weighted by Crippen LogP contribution is 2.09. The Hall–Kier alpha value is -1.57. The summed E-state index contributed by atoms with van der Waals surface area (Å²) in [6, 6.07) is 10.1. The molecule has 0 N–H and O–H groups in total. The second-order valence-electron chi connectivity index (χ2n) is 2.91. The Morgan fingerprint density at radius 1 is 1.23 bits per heavy atom. The summed E-state index contributed by atoms with van der Waals surface area (Å²) in [7, 11) is 0. The predicted octanol–water partition coefficient (Wildman–Crippen LogP) is 2.43. The van der Waals surface area contributed by atoms with Gasteiger partial charge in [0, 0.05) is 18.1 Å². The molecule has 0 bridgehead atoms. The van der Waals surface area contributed by atoms with E-state index in [9.17, 15) is 0 Å². The minimum absolute atomic E-state index is 0.990. The molecule has 2 rings (SSSR count). The van der Waals surface area contributed by atoms with Gasteiger partial charge in [-0.2, -0.15) is 0 Å². The molecule has 0 fully saturated rings. The van der Waals surface area contributed by atoms with Gasteiger partial charge in [0.15, 0.2) is 0 Å². The minimum Gasteiger partial charge on any atom is -0.306 e. The fourth-order valence-corrected chi connectivity index (χ4v) is 1.42. The lowest BCUT2D eigenvalue weighted by molar-refractivity contribution is 0.905. The lowest BCUT2D eigenvalue weighted by Gasteiger charge is -2.05. The molecule has 2 heteroatoms. The zero-order valence-corrected chi connectivity index (χ0v) is 7.64. The Morgan fingerprint density at radius 3 is 2.85 bits per heavy atom. The molecule has 0 unspecified atom stereocenters. The second-order valence-corrected chi connectivity index (χ2v) is 2.91. The molecular formula is C11H12N2. The second kappa shape index (κ2) is 3.44. The predicted molar refractivity (Wildman–Crippen MR) is 52.9 cm³/mol. The quantitative estimate of drug-likeness (QED) is 0.680. The van der Waals surface area contributed by atoms with E-state index in [1.165, 1.54) is 5.69 Å².